The van der Waals surface area contributed by atoms with Gasteiger partial charge in [-0.25, -0.2) is 9.59 Å². The molecule has 12 heteroatoms. The van der Waals surface area contributed by atoms with Crippen molar-refractivity contribution in [3.05, 3.63) is 130 Å². The molecule has 0 saturated carbocycles. The highest BCUT2D eigenvalue weighted by molar-refractivity contribution is 6.30. The first-order valence-corrected chi connectivity index (χ1v) is 18.8. The number of carbonyl (C=O) groups excluding carboxylic acids is 4. The lowest BCUT2D eigenvalue weighted by atomic mass is 10.1. The number of amides is 2. The molecule has 0 N–H and O–H groups in total. The summed E-state index contributed by atoms with van der Waals surface area (Å²) in [7, 11) is 7.46. The van der Waals surface area contributed by atoms with E-state index in [1.54, 1.807) is 58.3 Å². The maximum absolute atomic E-state index is 14.2. The van der Waals surface area contributed by atoms with E-state index in [0.717, 1.165) is 22.3 Å². The van der Waals surface area contributed by atoms with E-state index >= 15 is 0 Å². The van der Waals surface area contributed by atoms with E-state index in [1.165, 1.54) is 0 Å². The van der Waals surface area contributed by atoms with E-state index in [2.05, 4.69) is 0 Å². The number of carbonyl (C=O) groups is 4. The number of benzene rings is 4. The molecule has 2 atom stereocenters. The van der Waals surface area contributed by atoms with Crippen LogP contribution in [0.5, 0.6) is 11.5 Å². The minimum absolute atomic E-state index is 0.111. The molecule has 0 aliphatic carbocycles. The van der Waals surface area contributed by atoms with Crippen LogP contribution < -0.4 is 9.47 Å². The van der Waals surface area contributed by atoms with Crippen LogP contribution in [0.1, 0.15) is 55.8 Å². The molecule has 0 radical (unpaired) electrons. The van der Waals surface area contributed by atoms with E-state index in [-0.39, 0.29) is 62.3 Å². The zero-order chi connectivity index (χ0) is 40.0. The highest BCUT2D eigenvalue weighted by atomic mass is 16.8. The molecule has 2 unspecified atom stereocenters. The zero-order valence-electron chi connectivity index (χ0n) is 32.9. The highest BCUT2D eigenvalue weighted by Crippen LogP contribution is 2.36. The van der Waals surface area contributed by atoms with Gasteiger partial charge in [-0.15, -0.1) is 0 Å². The van der Waals surface area contributed by atoms with Crippen molar-refractivity contribution in [2.24, 2.45) is 0 Å². The molecule has 0 fully saturated rings. The summed E-state index contributed by atoms with van der Waals surface area (Å²) in [5, 5.41) is 0. The van der Waals surface area contributed by atoms with Gasteiger partial charge in [-0.2, -0.15) is 0 Å². The van der Waals surface area contributed by atoms with Gasteiger partial charge in [-0.3, -0.25) is 9.59 Å². The van der Waals surface area contributed by atoms with Crippen molar-refractivity contribution in [1.82, 2.24) is 19.6 Å². The summed E-state index contributed by atoms with van der Waals surface area (Å²) in [5.41, 5.74) is 4.49. The fraction of sp³-hybridized carbons (Fsp3) is 0.364. The molecule has 0 aromatic heterocycles. The number of fused-ring (bicyclic) bond motifs is 2. The molecule has 0 saturated heterocycles. The molecule has 4 aromatic rings. The Bertz CT molecular complexity index is 1900. The third-order valence-electron chi connectivity index (χ3n) is 9.86. The average molecular weight is 763 g/mol. The molecule has 2 aliphatic heterocycles. The third kappa shape index (κ3) is 9.55. The van der Waals surface area contributed by atoms with Crippen molar-refractivity contribution in [3.63, 3.8) is 0 Å². The van der Waals surface area contributed by atoms with Crippen LogP contribution in [0.4, 0.5) is 0 Å². The first kappa shape index (κ1) is 40.0. The molecule has 0 bridgehead atoms. The van der Waals surface area contributed by atoms with E-state index < -0.39 is 23.5 Å². The number of nitrogens with zero attached hydrogens (tertiary/aromatic N) is 4. The summed E-state index contributed by atoms with van der Waals surface area (Å²) in [6, 6.07) is 29.2. The predicted octanol–water partition coefficient (Wildman–Crippen LogP) is 5.46. The predicted molar refractivity (Wildman–Crippen MR) is 210 cm³/mol. The number of aryl methyl sites for hydroxylation is 2. The van der Waals surface area contributed by atoms with Gasteiger partial charge in [0, 0.05) is 39.0 Å². The Balaban J connectivity index is 1.34. The van der Waals surface area contributed by atoms with Crippen LogP contribution in [0.2, 0.25) is 0 Å². The zero-order valence-corrected chi connectivity index (χ0v) is 32.9. The smallest absolute Gasteiger partial charge is 0.420 e. The molecule has 2 amide bonds. The summed E-state index contributed by atoms with van der Waals surface area (Å²) < 4.78 is 25.3. The van der Waals surface area contributed by atoms with Crippen molar-refractivity contribution in [1.29, 1.82) is 0 Å². The van der Waals surface area contributed by atoms with Crippen LogP contribution in [0.25, 0.3) is 0 Å². The molecule has 2 aliphatic rings. The van der Waals surface area contributed by atoms with Crippen LogP contribution in [-0.4, -0.2) is 109 Å². The van der Waals surface area contributed by atoms with Gasteiger partial charge in [-0.1, -0.05) is 83.9 Å². The van der Waals surface area contributed by atoms with Crippen LogP contribution >= 0.6 is 0 Å². The average Bonchev–Trinajstić information content (AvgIpc) is 3.35. The largest absolute Gasteiger partial charge is 0.449 e. The minimum Gasteiger partial charge on any atom is -0.449 e. The number of rotatable bonds is 12. The second-order valence-electron chi connectivity index (χ2n) is 15.2. The summed E-state index contributed by atoms with van der Waals surface area (Å²) in [6.45, 7) is 4.81. The maximum atomic E-state index is 14.2. The monoisotopic (exact) mass is 762 g/mol. The summed E-state index contributed by atoms with van der Waals surface area (Å²) >= 11 is 0. The fourth-order valence-corrected chi connectivity index (χ4v) is 6.76. The Morgan fingerprint density at radius 3 is 1.30 bits per heavy atom. The SMILES string of the molecule is Cc1ccc(CN2CC(CCN(C)C)(OC(=O)C(=O)OC3(CCN(C)C)CN(Cc4ccc(C)cc4)C(=O)c4ccccc4O3)Oc3ccccc3C2=O)cc1. The molecule has 6 rings (SSSR count). The van der Waals surface area contributed by atoms with Gasteiger partial charge in [0.2, 0.25) is 0 Å². The van der Waals surface area contributed by atoms with Crippen molar-refractivity contribution in [2.45, 2.75) is 51.4 Å². The molecular weight excluding hydrogens is 713 g/mol. The summed E-state index contributed by atoms with van der Waals surface area (Å²) in [6.07, 6.45) is 0.221. The molecule has 12 nitrogen and oxygen atoms in total. The first-order valence-electron chi connectivity index (χ1n) is 18.8. The van der Waals surface area contributed by atoms with Crippen LogP contribution in [0, 0.1) is 13.8 Å². The number of ether oxygens (including phenoxy) is 4. The molecule has 56 heavy (non-hydrogen) atoms. The number of hydrogen-bond donors (Lipinski definition) is 0. The molecule has 294 valence electrons. The molecule has 0 spiro atoms. The fourth-order valence-electron chi connectivity index (χ4n) is 6.76. The molecule has 4 aromatic carbocycles. The topological polar surface area (TPSA) is 118 Å². The van der Waals surface area contributed by atoms with Crippen molar-refractivity contribution in [2.75, 3.05) is 54.4 Å². The molecular formula is C44H50N4O8. The van der Waals surface area contributed by atoms with Gasteiger partial charge < -0.3 is 38.5 Å². The normalized spacial score (nSPS) is 19.4. The Hall–Kier alpha value is -5.72. The number of hydrogen-bond acceptors (Lipinski definition) is 10. The van der Waals surface area contributed by atoms with Crippen LogP contribution in [0.3, 0.4) is 0 Å². The van der Waals surface area contributed by atoms with E-state index in [4.69, 9.17) is 18.9 Å². The van der Waals surface area contributed by atoms with Crippen molar-refractivity contribution >= 4 is 23.8 Å². The quantitative estimate of drug-likeness (QED) is 0.136. The lowest BCUT2D eigenvalue weighted by Gasteiger charge is -2.37. The standard InChI is InChI=1S/C44H50N4O8/c1-31-15-19-33(20-16-31)27-47-29-43(23-25-45(3)4,53-37-13-9-7-11-35(37)39(47)49)55-41(51)42(52)56-44(24-26-46(5)6)30-48(28-34-21-17-32(2)18-22-34)40(50)36-12-8-10-14-38(36)54-44/h7-22H,23-30H2,1-6H3. The lowest BCUT2D eigenvalue weighted by Crippen LogP contribution is -2.55. The van der Waals surface area contributed by atoms with E-state index in [0.29, 0.717) is 24.2 Å². The second kappa shape index (κ2) is 17.0. The van der Waals surface area contributed by atoms with Gasteiger partial charge in [0.15, 0.2) is 0 Å². The summed E-state index contributed by atoms with van der Waals surface area (Å²) in [4.78, 5) is 63.5. The number of esters is 2. The Kier molecular flexibility index (Phi) is 12.1. The third-order valence-corrected chi connectivity index (χ3v) is 9.86. The van der Waals surface area contributed by atoms with E-state index in [1.807, 2.05) is 100 Å². The molecule has 2 heterocycles. The summed E-state index contributed by atoms with van der Waals surface area (Å²) in [5.74, 6) is -6.39. The van der Waals surface area contributed by atoms with Gasteiger partial charge in [0.25, 0.3) is 23.4 Å². The minimum atomic E-state index is -1.78. The van der Waals surface area contributed by atoms with Gasteiger partial charge in [0.05, 0.1) is 24.2 Å². The first-order chi connectivity index (χ1) is 26.7. The maximum Gasteiger partial charge on any atom is 0.420 e. The van der Waals surface area contributed by atoms with Crippen LogP contribution in [-0.2, 0) is 32.2 Å². The van der Waals surface area contributed by atoms with E-state index in [9.17, 15) is 19.2 Å². The Morgan fingerprint density at radius 2 is 0.946 bits per heavy atom. The Labute approximate surface area is 328 Å². The van der Waals surface area contributed by atoms with Gasteiger partial charge in [0.1, 0.15) is 11.5 Å². The number of para-hydroxylation sites is 2. The Morgan fingerprint density at radius 1 is 0.589 bits per heavy atom. The van der Waals surface area contributed by atoms with Gasteiger partial charge >= 0.3 is 11.9 Å². The van der Waals surface area contributed by atoms with Crippen molar-refractivity contribution < 1.29 is 38.1 Å². The van der Waals surface area contributed by atoms with Crippen molar-refractivity contribution in [3.8, 4) is 11.5 Å². The second-order valence-corrected chi connectivity index (χ2v) is 15.2. The van der Waals surface area contributed by atoms with Crippen LogP contribution in [0.15, 0.2) is 97.1 Å². The lowest BCUT2D eigenvalue weighted by molar-refractivity contribution is -0.228. The van der Waals surface area contributed by atoms with Gasteiger partial charge in [-0.05, 0) is 77.4 Å². The highest BCUT2D eigenvalue weighted by Gasteiger charge is 2.49.